The van der Waals surface area contributed by atoms with Crippen LogP contribution in [0.15, 0.2) is 61.8 Å². The normalized spacial score (nSPS) is 11.1. The van der Waals surface area contributed by atoms with Crippen LogP contribution in [0.3, 0.4) is 0 Å². The number of aryl methyl sites for hydroxylation is 1. The van der Waals surface area contributed by atoms with Crippen LogP contribution in [0, 0.1) is 6.92 Å². The number of rotatable bonds is 8. The lowest BCUT2D eigenvalue weighted by atomic mass is 10.1. The molecule has 0 unspecified atom stereocenters. The number of hydrogen-bond acceptors (Lipinski definition) is 4. The number of benzene rings is 1. The van der Waals surface area contributed by atoms with E-state index in [1.165, 1.54) is 0 Å². The SMILES string of the molecule is C=CCN(CC=C)Cc1c(-c2ccc(OC)c(C)c2)nc2ccc(N)cn12. The molecule has 5 nitrogen and oxygen atoms in total. The molecule has 3 aromatic rings. The maximum absolute atomic E-state index is 6.04. The summed E-state index contributed by atoms with van der Waals surface area (Å²) in [5, 5.41) is 0. The van der Waals surface area contributed by atoms with E-state index in [4.69, 9.17) is 15.5 Å². The maximum atomic E-state index is 6.04. The number of ether oxygens (including phenoxy) is 1. The molecule has 0 aliphatic heterocycles. The smallest absolute Gasteiger partial charge is 0.137 e. The highest BCUT2D eigenvalue weighted by atomic mass is 16.5. The monoisotopic (exact) mass is 362 g/mol. The molecule has 0 radical (unpaired) electrons. The third-order valence-electron chi connectivity index (χ3n) is 4.56. The highest BCUT2D eigenvalue weighted by Gasteiger charge is 2.17. The van der Waals surface area contributed by atoms with E-state index < -0.39 is 0 Å². The van der Waals surface area contributed by atoms with Crippen molar-refractivity contribution in [1.29, 1.82) is 0 Å². The summed E-state index contributed by atoms with van der Waals surface area (Å²) in [6.07, 6.45) is 5.73. The third kappa shape index (κ3) is 3.88. The van der Waals surface area contributed by atoms with Gasteiger partial charge in [0.15, 0.2) is 0 Å². The number of nitrogens with two attached hydrogens (primary N) is 1. The summed E-state index contributed by atoms with van der Waals surface area (Å²) in [7, 11) is 1.68. The van der Waals surface area contributed by atoms with Gasteiger partial charge in [-0.25, -0.2) is 4.98 Å². The van der Waals surface area contributed by atoms with Crippen LogP contribution in [0.25, 0.3) is 16.9 Å². The molecule has 0 bridgehead atoms. The van der Waals surface area contributed by atoms with E-state index in [1.807, 2.05) is 49.5 Å². The van der Waals surface area contributed by atoms with Crippen LogP contribution in [0.2, 0.25) is 0 Å². The maximum Gasteiger partial charge on any atom is 0.137 e. The first-order valence-electron chi connectivity index (χ1n) is 8.93. The summed E-state index contributed by atoms with van der Waals surface area (Å²) in [5.74, 6) is 0.869. The molecule has 0 amide bonds. The third-order valence-corrected chi connectivity index (χ3v) is 4.56. The van der Waals surface area contributed by atoms with Crippen LogP contribution in [0.5, 0.6) is 5.75 Å². The molecular formula is C22H26N4O. The molecule has 2 aromatic heterocycles. The molecule has 27 heavy (non-hydrogen) atoms. The topological polar surface area (TPSA) is 55.8 Å². The van der Waals surface area contributed by atoms with E-state index in [2.05, 4.69) is 28.5 Å². The van der Waals surface area contributed by atoms with Crippen molar-refractivity contribution in [2.24, 2.45) is 0 Å². The fourth-order valence-electron chi connectivity index (χ4n) is 3.30. The Hall–Kier alpha value is -3.05. The molecular weight excluding hydrogens is 336 g/mol. The Morgan fingerprint density at radius 1 is 1.19 bits per heavy atom. The van der Waals surface area contributed by atoms with Crippen LogP contribution in [0.1, 0.15) is 11.3 Å². The lowest BCUT2D eigenvalue weighted by molar-refractivity contribution is 0.323. The molecule has 0 fully saturated rings. The van der Waals surface area contributed by atoms with Gasteiger partial charge in [0.25, 0.3) is 0 Å². The minimum atomic E-state index is 0.706. The van der Waals surface area contributed by atoms with Crippen LogP contribution >= 0.6 is 0 Å². The van der Waals surface area contributed by atoms with E-state index in [9.17, 15) is 0 Å². The molecule has 3 rings (SSSR count). The van der Waals surface area contributed by atoms with Crippen LogP contribution in [-0.2, 0) is 6.54 Å². The number of anilines is 1. The molecule has 0 saturated carbocycles. The van der Waals surface area contributed by atoms with E-state index in [1.54, 1.807) is 7.11 Å². The summed E-state index contributed by atoms with van der Waals surface area (Å²) in [5.41, 5.74) is 11.8. The minimum Gasteiger partial charge on any atom is -0.496 e. The highest BCUT2D eigenvalue weighted by Crippen LogP contribution is 2.30. The van der Waals surface area contributed by atoms with Crippen LogP contribution in [-0.4, -0.2) is 34.5 Å². The molecule has 0 aliphatic rings. The van der Waals surface area contributed by atoms with Crippen LogP contribution in [0.4, 0.5) is 5.69 Å². The number of methoxy groups -OCH3 is 1. The van der Waals surface area contributed by atoms with Crippen molar-refractivity contribution < 1.29 is 4.74 Å². The van der Waals surface area contributed by atoms with E-state index in [-0.39, 0.29) is 0 Å². The zero-order chi connectivity index (χ0) is 19.4. The molecule has 1 aromatic carbocycles. The number of imidazole rings is 1. The van der Waals surface area contributed by atoms with E-state index in [0.29, 0.717) is 12.2 Å². The lowest BCUT2D eigenvalue weighted by Crippen LogP contribution is -2.24. The van der Waals surface area contributed by atoms with Crippen molar-refractivity contribution in [3.8, 4) is 17.0 Å². The number of nitrogen functional groups attached to an aromatic ring is 1. The summed E-state index contributed by atoms with van der Waals surface area (Å²) in [6, 6.07) is 9.97. The van der Waals surface area contributed by atoms with Crippen molar-refractivity contribution in [1.82, 2.24) is 14.3 Å². The van der Waals surface area contributed by atoms with Crippen molar-refractivity contribution >= 4 is 11.3 Å². The van der Waals surface area contributed by atoms with Gasteiger partial charge in [0.05, 0.1) is 18.5 Å². The number of fused-ring (bicyclic) bond motifs is 1. The number of nitrogens with zero attached hydrogens (tertiary/aromatic N) is 3. The van der Waals surface area contributed by atoms with Gasteiger partial charge >= 0.3 is 0 Å². The average Bonchev–Trinajstić information content (AvgIpc) is 3.00. The molecule has 0 atom stereocenters. The fraction of sp³-hybridized carbons (Fsp3) is 0.227. The van der Waals surface area contributed by atoms with E-state index in [0.717, 1.165) is 47.0 Å². The Balaban J connectivity index is 2.15. The van der Waals surface area contributed by atoms with Gasteiger partial charge in [-0.3, -0.25) is 4.90 Å². The van der Waals surface area contributed by atoms with Gasteiger partial charge in [-0.2, -0.15) is 0 Å². The summed E-state index contributed by atoms with van der Waals surface area (Å²) in [4.78, 5) is 7.14. The van der Waals surface area contributed by atoms with Gasteiger partial charge in [0.1, 0.15) is 11.4 Å². The van der Waals surface area contributed by atoms with Gasteiger partial charge in [-0.05, 0) is 42.8 Å². The second-order valence-electron chi connectivity index (χ2n) is 6.55. The summed E-state index contributed by atoms with van der Waals surface area (Å²) in [6.45, 7) is 12.0. The first-order chi connectivity index (χ1) is 13.1. The largest absolute Gasteiger partial charge is 0.496 e. The highest BCUT2D eigenvalue weighted by molar-refractivity contribution is 5.69. The fourth-order valence-corrected chi connectivity index (χ4v) is 3.30. The van der Waals surface area contributed by atoms with E-state index >= 15 is 0 Å². The lowest BCUT2D eigenvalue weighted by Gasteiger charge is -2.19. The number of pyridine rings is 1. The Bertz CT molecular complexity index is 964. The Labute approximate surface area is 160 Å². The first kappa shape index (κ1) is 18.7. The van der Waals surface area contributed by atoms with Gasteiger partial charge in [0, 0.05) is 37.1 Å². The molecule has 5 heteroatoms. The first-order valence-corrected chi connectivity index (χ1v) is 8.93. The standard InChI is InChI=1S/C22H26N4O/c1-5-11-25(12-6-2)15-19-22(17-7-9-20(27-4)16(3)13-17)24-21-10-8-18(23)14-26(19)21/h5-10,13-14H,1-2,11-12,15,23H2,3-4H3. The van der Waals surface area contributed by atoms with Gasteiger partial charge in [0.2, 0.25) is 0 Å². The number of hydrogen-bond donors (Lipinski definition) is 1. The summed E-state index contributed by atoms with van der Waals surface area (Å²) < 4.78 is 7.47. The van der Waals surface area contributed by atoms with Gasteiger partial charge < -0.3 is 14.9 Å². The molecule has 2 heterocycles. The second-order valence-corrected chi connectivity index (χ2v) is 6.55. The molecule has 0 saturated heterocycles. The predicted molar refractivity (Wildman–Crippen MR) is 112 cm³/mol. The Morgan fingerprint density at radius 2 is 1.93 bits per heavy atom. The zero-order valence-electron chi connectivity index (χ0n) is 16.0. The van der Waals surface area contributed by atoms with Gasteiger partial charge in [-0.1, -0.05) is 12.2 Å². The molecule has 140 valence electrons. The van der Waals surface area contributed by atoms with Crippen molar-refractivity contribution in [3.05, 3.63) is 73.1 Å². The predicted octanol–water partition coefficient (Wildman–Crippen LogP) is 4.07. The Kier molecular flexibility index (Phi) is 5.62. The summed E-state index contributed by atoms with van der Waals surface area (Å²) >= 11 is 0. The average molecular weight is 362 g/mol. The quantitative estimate of drug-likeness (QED) is 0.614. The van der Waals surface area contributed by atoms with Crippen LogP contribution < -0.4 is 10.5 Å². The zero-order valence-corrected chi connectivity index (χ0v) is 16.0. The molecule has 0 aliphatic carbocycles. The van der Waals surface area contributed by atoms with Crippen molar-refractivity contribution in [3.63, 3.8) is 0 Å². The number of aromatic nitrogens is 2. The molecule has 0 spiro atoms. The second kappa shape index (κ2) is 8.10. The van der Waals surface area contributed by atoms with Crippen molar-refractivity contribution in [2.75, 3.05) is 25.9 Å². The van der Waals surface area contributed by atoms with Gasteiger partial charge in [-0.15, -0.1) is 13.2 Å². The van der Waals surface area contributed by atoms with Crippen molar-refractivity contribution in [2.45, 2.75) is 13.5 Å². The Morgan fingerprint density at radius 3 is 2.56 bits per heavy atom. The molecule has 2 N–H and O–H groups in total. The minimum absolute atomic E-state index is 0.706.